The first-order valence-corrected chi connectivity index (χ1v) is 9.33. The predicted molar refractivity (Wildman–Crippen MR) is 107 cm³/mol. The molecule has 1 heterocycles. The van der Waals surface area contributed by atoms with Crippen LogP contribution in [0.1, 0.15) is 11.1 Å². The lowest BCUT2D eigenvalue weighted by Gasteiger charge is -2.30. The summed E-state index contributed by atoms with van der Waals surface area (Å²) in [4.78, 5) is 13.1. The van der Waals surface area contributed by atoms with Crippen molar-refractivity contribution in [1.82, 2.24) is 0 Å². The van der Waals surface area contributed by atoms with Crippen molar-refractivity contribution in [2.24, 2.45) is 0 Å². The summed E-state index contributed by atoms with van der Waals surface area (Å²) in [7, 11) is 0. The molecule has 0 saturated carbocycles. The van der Waals surface area contributed by atoms with Crippen molar-refractivity contribution in [3.63, 3.8) is 0 Å². The maximum atomic E-state index is 13.8. The third-order valence-corrected chi connectivity index (χ3v) is 5.25. The number of benzene rings is 3. The molecule has 3 nitrogen and oxygen atoms in total. The molecule has 0 radical (unpaired) electrons. The SMILES string of the molecule is O=C1Nc2cc(Cl)ccc2C1(Cc1cccc(Cl)c1)Nc1cc(F)c(F)c(F)c1. The van der Waals surface area contributed by atoms with E-state index in [0.29, 0.717) is 26.9 Å². The van der Waals surface area contributed by atoms with Crippen LogP contribution in [0.25, 0.3) is 0 Å². The lowest BCUT2D eigenvalue weighted by Crippen LogP contribution is -2.44. The van der Waals surface area contributed by atoms with E-state index in [1.54, 1.807) is 42.5 Å². The van der Waals surface area contributed by atoms with Crippen molar-refractivity contribution in [2.45, 2.75) is 12.0 Å². The Hall–Kier alpha value is -2.70. The van der Waals surface area contributed by atoms with Gasteiger partial charge >= 0.3 is 0 Å². The Morgan fingerprint density at radius 3 is 2.31 bits per heavy atom. The summed E-state index contributed by atoms with van der Waals surface area (Å²) in [5.41, 5.74) is 0.228. The van der Waals surface area contributed by atoms with Gasteiger partial charge in [-0.3, -0.25) is 4.79 Å². The Balaban J connectivity index is 1.86. The fourth-order valence-corrected chi connectivity index (χ4v) is 3.90. The van der Waals surface area contributed by atoms with Crippen molar-refractivity contribution in [3.05, 3.63) is 93.2 Å². The first-order valence-electron chi connectivity index (χ1n) is 8.57. The topological polar surface area (TPSA) is 41.1 Å². The second-order valence-corrected chi connectivity index (χ2v) is 7.61. The molecule has 1 aliphatic heterocycles. The lowest BCUT2D eigenvalue weighted by atomic mass is 9.84. The van der Waals surface area contributed by atoms with Crippen LogP contribution in [-0.2, 0) is 16.8 Å². The molecule has 148 valence electrons. The molecule has 0 bridgehead atoms. The highest BCUT2D eigenvalue weighted by molar-refractivity contribution is 6.31. The van der Waals surface area contributed by atoms with Gasteiger partial charge in [-0.05, 0) is 29.8 Å². The number of anilines is 2. The third-order valence-electron chi connectivity index (χ3n) is 4.78. The van der Waals surface area contributed by atoms with Crippen LogP contribution >= 0.6 is 23.2 Å². The zero-order valence-corrected chi connectivity index (χ0v) is 16.2. The molecule has 3 aromatic rings. The van der Waals surface area contributed by atoms with Gasteiger partial charge in [-0.25, -0.2) is 13.2 Å². The van der Waals surface area contributed by atoms with Crippen LogP contribution in [0.5, 0.6) is 0 Å². The molecule has 2 N–H and O–H groups in total. The highest BCUT2D eigenvalue weighted by Gasteiger charge is 2.47. The number of nitrogens with one attached hydrogen (secondary N) is 2. The van der Waals surface area contributed by atoms with Gasteiger partial charge in [0.2, 0.25) is 0 Å². The molecule has 4 rings (SSSR count). The molecule has 0 saturated heterocycles. The average molecular weight is 437 g/mol. The monoisotopic (exact) mass is 436 g/mol. The minimum absolute atomic E-state index is 0.0821. The summed E-state index contributed by atoms with van der Waals surface area (Å²) in [6.07, 6.45) is 0.120. The molecule has 3 aromatic carbocycles. The van der Waals surface area contributed by atoms with Crippen molar-refractivity contribution >= 4 is 40.5 Å². The zero-order valence-electron chi connectivity index (χ0n) is 14.7. The number of hydrogen-bond acceptors (Lipinski definition) is 2. The standard InChI is InChI=1S/C21H13Cl2F3N2O/c22-12-3-1-2-11(6-12)10-21(28-14-8-16(24)19(26)17(25)9-14)15-5-4-13(23)7-18(15)27-20(21)29/h1-9,28H,10H2,(H,27,29). The van der Waals surface area contributed by atoms with Crippen molar-refractivity contribution in [1.29, 1.82) is 0 Å². The van der Waals surface area contributed by atoms with E-state index < -0.39 is 28.9 Å². The number of carbonyl (C=O) groups excluding carboxylic acids is 1. The molecule has 0 spiro atoms. The molecule has 29 heavy (non-hydrogen) atoms. The smallest absolute Gasteiger partial charge is 0.255 e. The molecule has 8 heteroatoms. The second kappa shape index (κ2) is 7.28. The summed E-state index contributed by atoms with van der Waals surface area (Å²) in [5, 5.41) is 6.55. The Morgan fingerprint density at radius 1 is 0.931 bits per heavy atom. The molecule has 1 atom stereocenters. The van der Waals surface area contributed by atoms with Gasteiger partial charge in [0.05, 0.1) is 0 Å². The molecular formula is C21H13Cl2F3N2O. The van der Waals surface area contributed by atoms with Crippen LogP contribution in [0, 0.1) is 17.5 Å². The minimum atomic E-state index is -1.58. The Morgan fingerprint density at radius 2 is 1.62 bits per heavy atom. The number of rotatable bonds is 4. The Labute approximate surface area is 174 Å². The van der Waals surface area contributed by atoms with Crippen molar-refractivity contribution in [3.8, 4) is 0 Å². The average Bonchev–Trinajstić information content (AvgIpc) is 2.90. The van der Waals surface area contributed by atoms with E-state index in [2.05, 4.69) is 10.6 Å². The number of halogens is 5. The predicted octanol–water partition coefficient (Wildman–Crippen LogP) is 5.91. The molecule has 1 amide bonds. The Bertz CT molecular complexity index is 1120. The molecule has 0 aliphatic carbocycles. The van der Waals surface area contributed by atoms with Crippen LogP contribution in [0.3, 0.4) is 0 Å². The molecule has 1 aliphatic rings. The van der Waals surface area contributed by atoms with Gasteiger partial charge in [-0.15, -0.1) is 0 Å². The fraction of sp³-hybridized carbons (Fsp3) is 0.0952. The van der Waals surface area contributed by atoms with Crippen molar-refractivity contribution in [2.75, 3.05) is 10.6 Å². The van der Waals surface area contributed by atoms with Crippen LogP contribution in [0.4, 0.5) is 24.5 Å². The summed E-state index contributed by atoms with van der Waals surface area (Å²) in [5.74, 6) is -4.75. The summed E-state index contributed by atoms with van der Waals surface area (Å²) in [6.45, 7) is 0. The summed E-state index contributed by atoms with van der Waals surface area (Å²) >= 11 is 12.1. The maximum Gasteiger partial charge on any atom is 0.255 e. The van der Waals surface area contributed by atoms with E-state index in [-0.39, 0.29) is 12.1 Å². The maximum absolute atomic E-state index is 13.8. The molecule has 1 unspecified atom stereocenters. The van der Waals surface area contributed by atoms with E-state index in [9.17, 15) is 18.0 Å². The summed E-state index contributed by atoms with van der Waals surface area (Å²) in [6, 6.07) is 13.4. The molecule has 0 fully saturated rings. The van der Waals surface area contributed by atoms with Gasteiger partial charge in [-0.2, -0.15) is 0 Å². The Kier molecular flexibility index (Phi) is 4.92. The van der Waals surface area contributed by atoms with Crippen LogP contribution in [0.15, 0.2) is 54.6 Å². The minimum Gasteiger partial charge on any atom is -0.367 e. The first-order chi connectivity index (χ1) is 13.8. The molecular weight excluding hydrogens is 424 g/mol. The van der Waals surface area contributed by atoms with Crippen LogP contribution in [0.2, 0.25) is 10.0 Å². The molecule has 0 aromatic heterocycles. The van der Waals surface area contributed by atoms with E-state index in [1.165, 1.54) is 0 Å². The normalized spacial score (nSPS) is 17.8. The van der Waals surface area contributed by atoms with Gasteiger partial charge in [0.25, 0.3) is 5.91 Å². The van der Waals surface area contributed by atoms with Gasteiger partial charge in [0.1, 0.15) is 5.54 Å². The second-order valence-electron chi connectivity index (χ2n) is 6.73. The highest BCUT2D eigenvalue weighted by Crippen LogP contribution is 2.42. The fourth-order valence-electron chi connectivity index (χ4n) is 3.51. The quantitative estimate of drug-likeness (QED) is 0.498. The number of hydrogen-bond donors (Lipinski definition) is 2. The van der Waals surface area contributed by atoms with Gasteiger partial charge in [0.15, 0.2) is 17.5 Å². The van der Waals surface area contributed by atoms with Crippen LogP contribution < -0.4 is 10.6 Å². The first kappa shape index (κ1) is 19.6. The van der Waals surface area contributed by atoms with E-state index in [1.807, 2.05) is 0 Å². The lowest BCUT2D eigenvalue weighted by molar-refractivity contribution is -0.119. The van der Waals surface area contributed by atoms with Crippen molar-refractivity contribution < 1.29 is 18.0 Å². The summed E-state index contributed by atoms with van der Waals surface area (Å²) < 4.78 is 40.9. The number of fused-ring (bicyclic) bond motifs is 1. The van der Waals surface area contributed by atoms with E-state index in [4.69, 9.17) is 23.2 Å². The van der Waals surface area contributed by atoms with E-state index in [0.717, 1.165) is 12.1 Å². The van der Waals surface area contributed by atoms with E-state index >= 15 is 0 Å². The zero-order chi connectivity index (χ0) is 20.8. The number of carbonyl (C=O) groups is 1. The third kappa shape index (κ3) is 3.54. The van der Waals surface area contributed by atoms with Crippen LogP contribution in [-0.4, -0.2) is 5.91 Å². The van der Waals surface area contributed by atoms with Gasteiger partial charge < -0.3 is 10.6 Å². The number of amides is 1. The highest BCUT2D eigenvalue weighted by atomic mass is 35.5. The van der Waals surface area contributed by atoms with Gasteiger partial charge in [0, 0.05) is 45.5 Å². The van der Waals surface area contributed by atoms with Gasteiger partial charge in [-0.1, -0.05) is 41.4 Å². The largest absolute Gasteiger partial charge is 0.367 e.